The van der Waals surface area contributed by atoms with E-state index in [-0.39, 0.29) is 16.8 Å². The van der Waals surface area contributed by atoms with Gasteiger partial charge in [-0.25, -0.2) is 14.4 Å². The molecule has 10 nitrogen and oxygen atoms in total. The highest BCUT2D eigenvalue weighted by Crippen LogP contribution is 2.33. The maximum Gasteiger partial charge on any atom is 0.511 e. The summed E-state index contributed by atoms with van der Waals surface area (Å²) < 4.78 is 51.2. The van der Waals surface area contributed by atoms with Gasteiger partial charge in [-0.2, -0.15) is 13.2 Å². The second-order valence-electron chi connectivity index (χ2n) is 8.51. The molecule has 2 aromatic carbocycles. The number of carbonyl (C=O) groups excluding carboxylic acids is 1. The van der Waals surface area contributed by atoms with Crippen LogP contribution in [0.1, 0.15) is 22.3 Å². The van der Waals surface area contributed by atoms with Gasteiger partial charge in [0.05, 0.1) is 30.5 Å². The summed E-state index contributed by atoms with van der Waals surface area (Å²) in [5, 5.41) is 9.06. The third kappa shape index (κ3) is 5.56. The fraction of sp³-hybridized carbons (Fsp3) is 0.280. The van der Waals surface area contributed by atoms with Gasteiger partial charge in [-0.3, -0.25) is 13.9 Å². The molecule has 0 radical (unpaired) electrons. The van der Waals surface area contributed by atoms with Gasteiger partial charge < -0.3 is 19.5 Å². The molecule has 4 rings (SSSR count). The molecular formula is C25H22F3N3O7. The first-order valence-electron chi connectivity index (χ1n) is 11.4. The van der Waals surface area contributed by atoms with Crippen molar-refractivity contribution in [1.82, 2.24) is 14.0 Å². The molecule has 1 N–H and O–H groups in total. The number of cyclic esters (lactones) is 1. The maximum absolute atomic E-state index is 13.4. The number of ether oxygens (including phenoxy) is 2. The largest absolute Gasteiger partial charge is 0.511 e. The average molecular weight is 533 g/mol. The molecule has 1 saturated heterocycles. The second-order valence-corrected chi connectivity index (χ2v) is 8.51. The molecule has 2 heterocycles. The van der Waals surface area contributed by atoms with E-state index in [4.69, 9.17) is 9.84 Å². The molecule has 1 aliphatic heterocycles. The highest BCUT2D eigenvalue weighted by atomic mass is 19.4. The molecule has 38 heavy (non-hydrogen) atoms. The van der Waals surface area contributed by atoms with Gasteiger partial charge in [-0.15, -0.1) is 0 Å². The highest BCUT2D eigenvalue weighted by Gasteiger charge is 2.33. The van der Waals surface area contributed by atoms with E-state index in [9.17, 15) is 32.3 Å². The molecule has 0 saturated carbocycles. The number of rotatable bonds is 7. The lowest BCUT2D eigenvalue weighted by atomic mass is 10.0. The smallest absolute Gasteiger partial charge is 0.449 e. The van der Waals surface area contributed by atoms with Crippen molar-refractivity contribution < 1.29 is 37.3 Å². The minimum atomic E-state index is -4.64. The van der Waals surface area contributed by atoms with Crippen molar-refractivity contribution in [2.24, 2.45) is 0 Å². The zero-order valence-electron chi connectivity index (χ0n) is 20.0. The molecular weight excluding hydrogens is 511 g/mol. The molecule has 1 aromatic heterocycles. The van der Waals surface area contributed by atoms with Crippen molar-refractivity contribution in [1.29, 1.82) is 0 Å². The van der Waals surface area contributed by atoms with Gasteiger partial charge >= 0.3 is 24.1 Å². The van der Waals surface area contributed by atoms with E-state index in [2.05, 4.69) is 4.74 Å². The van der Waals surface area contributed by atoms with E-state index >= 15 is 0 Å². The topological polar surface area (TPSA) is 120 Å². The first-order valence-corrected chi connectivity index (χ1v) is 11.4. The van der Waals surface area contributed by atoms with Gasteiger partial charge in [0, 0.05) is 6.54 Å². The Kier molecular flexibility index (Phi) is 7.28. The Hall–Kier alpha value is -4.55. The van der Waals surface area contributed by atoms with Gasteiger partial charge in [0.2, 0.25) is 5.75 Å². The fourth-order valence-corrected chi connectivity index (χ4v) is 4.11. The predicted molar refractivity (Wildman–Crippen MR) is 127 cm³/mol. The summed E-state index contributed by atoms with van der Waals surface area (Å²) in [6, 6.07) is 9.86. The van der Waals surface area contributed by atoms with Crippen LogP contribution in [0.4, 0.5) is 22.8 Å². The maximum atomic E-state index is 13.4. The number of amides is 1. The summed E-state index contributed by atoms with van der Waals surface area (Å²) >= 11 is 0. The molecule has 0 unspecified atom stereocenters. The van der Waals surface area contributed by atoms with Crippen molar-refractivity contribution in [3.05, 3.63) is 91.8 Å². The molecule has 0 atom stereocenters. The molecule has 1 amide bonds. The van der Waals surface area contributed by atoms with Crippen LogP contribution in [0.2, 0.25) is 0 Å². The summed E-state index contributed by atoms with van der Waals surface area (Å²) in [5.41, 5.74) is -1.97. The van der Waals surface area contributed by atoms with Gasteiger partial charge in [-0.05, 0) is 48.2 Å². The fourth-order valence-electron chi connectivity index (χ4n) is 4.11. The van der Waals surface area contributed by atoms with E-state index in [1.165, 1.54) is 13.0 Å². The number of aromatic nitrogens is 2. The summed E-state index contributed by atoms with van der Waals surface area (Å²) in [6.07, 6.45) is -5.41. The highest BCUT2D eigenvalue weighted by molar-refractivity contribution is 5.69. The number of nitrogens with zero attached hydrogens (tertiary/aromatic N) is 3. The van der Waals surface area contributed by atoms with Crippen LogP contribution in [0, 0.1) is 6.92 Å². The quantitative estimate of drug-likeness (QED) is 0.462. The van der Waals surface area contributed by atoms with Crippen molar-refractivity contribution >= 4 is 12.2 Å². The third-order valence-electron chi connectivity index (χ3n) is 6.15. The van der Waals surface area contributed by atoms with E-state index in [0.717, 1.165) is 28.5 Å². The van der Waals surface area contributed by atoms with Crippen LogP contribution < -0.4 is 16.0 Å². The van der Waals surface area contributed by atoms with Crippen LogP contribution in [-0.4, -0.2) is 51.1 Å². The Morgan fingerprint density at radius 2 is 1.82 bits per heavy atom. The van der Waals surface area contributed by atoms with Gasteiger partial charge in [0.15, 0.2) is 0 Å². The standard InChI is InChI=1S/C25H22F3N3O7/c1-15-17(3-2-4-19(15)25(26,27)28)13-31-21(32)20(38-24(35)36)14-30(22(31)33)18-7-5-16(6-8-18)9-10-29-11-12-37-23(29)34/h2-8,14H,9-13H2,1H3,(H,35,36). The van der Waals surface area contributed by atoms with Gasteiger partial charge in [0.1, 0.15) is 6.61 Å². The van der Waals surface area contributed by atoms with Crippen LogP contribution in [0.3, 0.4) is 0 Å². The molecule has 200 valence electrons. The van der Waals surface area contributed by atoms with Gasteiger partial charge in [0.25, 0.3) is 5.56 Å². The van der Waals surface area contributed by atoms with Crippen LogP contribution in [-0.2, 0) is 23.9 Å². The number of benzene rings is 2. The Bertz CT molecular complexity index is 1490. The molecule has 1 fully saturated rings. The van der Waals surface area contributed by atoms with Crippen LogP contribution in [0.25, 0.3) is 5.69 Å². The van der Waals surface area contributed by atoms with Crippen molar-refractivity contribution in [2.75, 3.05) is 19.7 Å². The first-order chi connectivity index (χ1) is 18.0. The first kappa shape index (κ1) is 26.5. The Balaban J connectivity index is 1.70. The molecule has 0 bridgehead atoms. The lowest BCUT2D eigenvalue weighted by Crippen LogP contribution is -2.40. The lowest BCUT2D eigenvalue weighted by Gasteiger charge is -2.16. The summed E-state index contributed by atoms with van der Waals surface area (Å²) in [5.74, 6) is -0.696. The summed E-state index contributed by atoms with van der Waals surface area (Å²) in [6.45, 7) is 1.92. The Morgan fingerprint density at radius 3 is 2.42 bits per heavy atom. The summed E-state index contributed by atoms with van der Waals surface area (Å²) in [7, 11) is 0. The predicted octanol–water partition coefficient (Wildman–Crippen LogP) is 3.43. The molecule has 3 aromatic rings. The number of carboxylic acid groups (broad SMARTS) is 1. The van der Waals surface area contributed by atoms with Crippen molar-refractivity contribution in [3.63, 3.8) is 0 Å². The Labute approximate surface area is 213 Å². The lowest BCUT2D eigenvalue weighted by molar-refractivity contribution is -0.138. The molecule has 13 heteroatoms. The zero-order valence-corrected chi connectivity index (χ0v) is 20.0. The van der Waals surface area contributed by atoms with E-state index in [1.807, 2.05) is 0 Å². The minimum absolute atomic E-state index is 0.0498. The normalized spacial score (nSPS) is 13.5. The second kappa shape index (κ2) is 10.4. The van der Waals surface area contributed by atoms with Crippen LogP contribution >= 0.6 is 0 Å². The van der Waals surface area contributed by atoms with E-state index in [0.29, 0.717) is 30.7 Å². The zero-order chi connectivity index (χ0) is 27.6. The number of halogens is 3. The third-order valence-corrected chi connectivity index (χ3v) is 6.15. The number of hydrogen-bond donors (Lipinski definition) is 1. The number of alkyl halides is 3. The van der Waals surface area contributed by atoms with E-state index < -0.39 is 47.5 Å². The minimum Gasteiger partial charge on any atom is -0.449 e. The van der Waals surface area contributed by atoms with Crippen LogP contribution in [0.15, 0.2) is 58.3 Å². The molecule has 1 aliphatic rings. The number of hydrogen-bond acceptors (Lipinski definition) is 6. The average Bonchev–Trinajstić information content (AvgIpc) is 3.27. The van der Waals surface area contributed by atoms with Crippen LogP contribution in [0.5, 0.6) is 5.75 Å². The number of carbonyl (C=O) groups is 2. The SMILES string of the molecule is Cc1c(Cn2c(=O)c(OC(=O)O)cn(-c3ccc(CCN4CCOC4=O)cc3)c2=O)cccc1C(F)(F)F. The Morgan fingerprint density at radius 1 is 1.11 bits per heavy atom. The monoisotopic (exact) mass is 533 g/mol. The van der Waals surface area contributed by atoms with Gasteiger partial charge in [-0.1, -0.05) is 24.3 Å². The van der Waals surface area contributed by atoms with E-state index in [1.54, 1.807) is 29.2 Å². The molecule has 0 spiro atoms. The summed E-state index contributed by atoms with van der Waals surface area (Å²) in [4.78, 5) is 50.5. The van der Waals surface area contributed by atoms with Crippen molar-refractivity contribution in [3.8, 4) is 11.4 Å². The van der Waals surface area contributed by atoms with Crippen molar-refractivity contribution in [2.45, 2.75) is 26.1 Å². The molecule has 0 aliphatic carbocycles.